The highest BCUT2D eigenvalue weighted by Crippen LogP contribution is 2.68. The van der Waals surface area contributed by atoms with Gasteiger partial charge in [0.1, 0.15) is 12.2 Å². The third-order valence-electron chi connectivity index (χ3n) is 10.9. The number of hydrogen-bond acceptors (Lipinski definition) is 8. The lowest BCUT2D eigenvalue weighted by atomic mass is 9.42. The zero-order valence-corrected chi connectivity index (χ0v) is 24.0. The van der Waals surface area contributed by atoms with Crippen molar-refractivity contribution in [3.8, 4) is 0 Å². The summed E-state index contributed by atoms with van der Waals surface area (Å²) in [7, 11) is 0. The Morgan fingerprint density at radius 2 is 1.58 bits per heavy atom. The van der Waals surface area contributed by atoms with Gasteiger partial charge in [0.2, 0.25) is 0 Å². The first-order valence-electron chi connectivity index (χ1n) is 14.7. The van der Waals surface area contributed by atoms with E-state index in [0.717, 1.165) is 19.3 Å². The highest BCUT2D eigenvalue weighted by atomic mass is 16.6. The molecule has 0 saturated heterocycles. The first kappa shape index (κ1) is 29.3. The van der Waals surface area contributed by atoms with E-state index in [0.29, 0.717) is 38.5 Å². The van der Waals surface area contributed by atoms with Gasteiger partial charge in [0.05, 0.1) is 18.3 Å². The molecule has 8 heteroatoms. The molecule has 4 aliphatic rings. The predicted molar refractivity (Wildman–Crippen MR) is 140 cm³/mol. The van der Waals surface area contributed by atoms with Crippen LogP contribution in [-0.4, -0.2) is 58.6 Å². The number of hydrogen-bond donors (Lipinski definition) is 2. The third kappa shape index (κ3) is 5.24. The summed E-state index contributed by atoms with van der Waals surface area (Å²) in [6, 6.07) is 0. The van der Waals surface area contributed by atoms with E-state index in [9.17, 15) is 24.6 Å². The van der Waals surface area contributed by atoms with Gasteiger partial charge in [0.25, 0.3) is 0 Å². The molecule has 0 bridgehead atoms. The molecule has 4 saturated carbocycles. The molecule has 8 nitrogen and oxygen atoms in total. The molecule has 38 heavy (non-hydrogen) atoms. The number of ether oxygens (including phenoxy) is 3. The quantitative estimate of drug-likeness (QED) is 0.367. The third-order valence-corrected chi connectivity index (χ3v) is 10.9. The predicted octanol–water partition coefficient (Wildman–Crippen LogP) is 4.18. The van der Waals surface area contributed by atoms with Gasteiger partial charge >= 0.3 is 17.9 Å². The van der Waals surface area contributed by atoms with E-state index >= 15 is 0 Å². The Morgan fingerprint density at radius 1 is 0.895 bits per heavy atom. The number of rotatable bonds is 7. The topological polar surface area (TPSA) is 119 Å². The molecule has 11 atom stereocenters. The zero-order valence-electron chi connectivity index (χ0n) is 24.0. The molecule has 2 N–H and O–H groups in total. The molecule has 216 valence electrons. The maximum atomic E-state index is 12.4. The number of aliphatic hydroxyl groups is 2. The van der Waals surface area contributed by atoms with Gasteiger partial charge in [-0.3, -0.25) is 14.4 Å². The van der Waals surface area contributed by atoms with Crippen LogP contribution in [0.15, 0.2) is 0 Å². The van der Waals surface area contributed by atoms with E-state index in [2.05, 4.69) is 13.8 Å². The van der Waals surface area contributed by atoms with Crippen molar-refractivity contribution in [3.63, 3.8) is 0 Å². The molecule has 0 radical (unpaired) electrons. The molecule has 4 rings (SSSR count). The van der Waals surface area contributed by atoms with Crippen molar-refractivity contribution in [2.75, 3.05) is 0 Å². The normalized spacial score (nSPS) is 44.0. The summed E-state index contributed by atoms with van der Waals surface area (Å²) >= 11 is 0. The molecule has 0 amide bonds. The van der Waals surface area contributed by atoms with Crippen molar-refractivity contribution in [3.05, 3.63) is 0 Å². The van der Waals surface area contributed by atoms with Crippen molar-refractivity contribution in [1.82, 2.24) is 0 Å². The van der Waals surface area contributed by atoms with E-state index in [1.165, 1.54) is 13.8 Å². The molecule has 4 fully saturated rings. The maximum Gasteiger partial charge on any atom is 0.306 e. The fraction of sp³-hybridized carbons (Fsp3) is 0.900. The molecular weight excluding hydrogens is 488 g/mol. The summed E-state index contributed by atoms with van der Waals surface area (Å²) in [4.78, 5) is 36.8. The van der Waals surface area contributed by atoms with Gasteiger partial charge in [-0.05, 0) is 94.3 Å². The Morgan fingerprint density at radius 3 is 2.21 bits per heavy atom. The van der Waals surface area contributed by atoms with Gasteiger partial charge in [-0.2, -0.15) is 0 Å². The second-order valence-electron chi connectivity index (χ2n) is 13.3. The van der Waals surface area contributed by atoms with E-state index in [4.69, 9.17) is 14.2 Å². The molecule has 0 heterocycles. The average molecular weight is 537 g/mol. The lowest BCUT2D eigenvalue weighted by molar-refractivity contribution is -0.241. The van der Waals surface area contributed by atoms with E-state index in [-0.39, 0.29) is 71.2 Å². The molecular formula is C30H48O8. The average Bonchev–Trinajstić information content (AvgIpc) is 3.12. The van der Waals surface area contributed by atoms with Crippen LogP contribution in [0.25, 0.3) is 0 Å². The Kier molecular flexibility index (Phi) is 8.54. The smallest absolute Gasteiger partial charge is 0.306 e. The molecule has 0 aromatic carbocycles. The minimum atomic E-state index is -0.673. The zero-order chi connectivity index (χ0) is 28.0. The van der Waals surface area contributed by atoms with Crippen LogP contribution in [0, 0.1) is 40.4 Å². The first-order valence-corrected chi connectivity index (χ1v) is 14.7. The van der Waals surface area contributed by atoms with Crippen LogP contribution in [0.3, 0.4) is 0 Å². The van der Waals surface area contributed by atoms with Crippen LogP contribution < -0.4 is 0 Å². The summed E-state index contributed by atoms with van der Waals surface area (Å²) in [6.07, 6.45) is 3.92. The summed E-state index contributed by atoms with van der Waals surface area (Å²) in [6.45, 7) is 11.0. The van der Waals surface area contributed by atoms with Gasteiger partial charge < -0.3 is 24.4 Å². The van der Waals surface area contributed by atoms with Gasteiger partial charge in [-0.1, -0.05) is 13.8 Å². The van der Waals surface area contributed by atoms with Gasteiger partial charge in [0, 0.05) is 31.6 Å². The number of carbonyl (C=O) groups is 3. The second kappa shape index (κ2) is 11.1. The van der Waals surface area contributed by atoms with Crippen molar-refractivity contribution in [2.45, 2.75) is 130 Å². The summed E-state index contributed by atoms with van der Waals surface area (Å²) in [5.41, 5.74) is -0.783. The maximum absolute atomic E-state index is 12.4. The van der Waals surface area contributed by atoms with Gasteiger partial charge in [-0.25, -0.2) is 0 Å². The Balaban J connectivity index is 1.66. The fourth-order valence-corrected chi connectivity index (χ4v) is 9.31. The van der Waals surface area contributed by atoms with Crippen molar-refractivity contribution in [1.29, 1.82) is 0 Å². The molecule has 4 aliphatic carbocycles. The largest absolute Gasteiger partial charge is 0.463 e. The lowest BCUT2D eigenvalue weighted by Gasteiger charge is -2.64. The highest BCUT2D eigenvalue weighted by Gasteiger charge is 2.68. The van der Waals surface area contributed by atoms with Gasteiger partial charge in [0.15, 0.2) is 0 Å². The van der Waals surface area contributed by atoms with Crippen LogP contribution in [0.4, 0.5) is 0 Å². The van der Waals surface area contributed by atoms with Crippen LogP contribution in [0.1, 0.15) is 99.3 Å². The Hall–Kier alpha value is -1.67. The molecule has 0 spiro atoms. The second-order valence-corrected chi connectivity index (χ2v) is 13.3. The van der Waals surface area contributed by atoms with Crippen LogP contribution >= 0.6 is 0 Å². The fourth-order valence-electron chi connectivity index (χ4n) is 9.31. The lowest BCUT2D eigenvalue weighted by Crippen LogP contribution is -2.66. The van der Waals surface area contributed by atoms with E-state index < -0.39 is 17.6 Å². The van der Waals surface area contributed by atoms with Crippen molar-refractivity contribution >= 4 is 17.9 Å². The summed E-state index contributed by atoms with van der Waals surface area (Å²) in [5.74, 6) is -0.351. The minimum Gasteiger partial charge on any atom is -0.463 e. The van der Waals surface area contributed by atoms with Crippen LogP contribution in [-0.2, 0) is 28.6 Å². The van der Waals surface area contributed by atoms with Crippen LogP contribution in [0.5, 0.6) is 0 Å². The molecule has 0 aliphatic heterocycles. The van der Waals surface area contributed by atoms with Crippen LogP contribution in [0.2, 0.25) is 0 Å². The number of aliphatic hydroxyl groups excluding tert-OH is 2. The number of fused-ring (bicyclic) bond motifs is 5. The number of carbonyl (C=O) groups excluding carboxylic acids is 3. The monoisotopic (exact) mass is 536 g/mol. The summed E-state index contributed by atoms with van der Waals surface area (Å²) in [5, 5.41) is 21.9. The molecule has 2 unspecified atom stereocenters. The molecule has 0 aromatic heterocycles. The Bertz CT molecular complexity index is 903. The SMILES string of the molecule is CC(=O)O[C@H]1CC2C([C@H](OC(C)=O)C[C@@H]3C[C@H](O)C[C@@H](O)[C@]23C)[C@@H]2CC[C@H](CCCC(=O)OC(C)C)[C@@]12C. The summed E-state index contributed by atoms with van der Waals surface area (Å²) < 4.78 is 17.4. The van der Waals surface area contributed by atoms with Gasteiger partial charge in [-0.15, -0.1) is 0 Å². The van der Waals surface area contributed by atoms with Crippen molar-refractivity contribution < 1.29 is 38.8 Å². The first-order chi connectivity index (χ1) is 17.8. The van der Waals surface area contributed by atoms with E-state index in [1.807, 2.05) is 13.8 Å². The standard InChI is InChI=1S/C30H48O8/c1-16(2)36-27(35)9-7-8-19-10-11-22-28-23(15-26(30(19,22)6)38-18(4)32)29(5)20(12-21(33)14-25(29)34)13-24(28)37-17(3)31/h16,19-26,28,33-34H,7-15H2,1-6H3/t19-,20-,21-,22-,23?,24+,25+,26-,28?,29-,30+/m0/s1. The molecule has 0 aromatic rings. The Labute approximate surface area is 227 Å². The van der Waals surface area contributed by atoms with E-state index in [1.54, 1.807) is 0 Å². The minimum absolute atomic E-state index is 0.00436. The highest BCUT2D eigenvalue weighted by molar-refractivity contribution is 5.69. The number of esters is 3. The van der Waals surface area contributed by atoms with Crippen molar-refractivity contribution in [2.24, 2.45) is 40.4 Å².